The lowest BCUT2D eigenvalue weighted by Gasteiger charge is -2.22. The van der Waals surface area contributed by atoms with E-state index in [1.165, 1.54) is 0 Å². The van der Waals surface area contributed by atoms with E-state index in [0.717, 1.165) is 35.1 Å². The van der Waals surface area contributed by atoms with Crippen LogP contribution in [0.2, 0.25) is 0 Å². The molecule has 2 aromatic heterocycles. The standard InChI is InChI=1S/C17H16OS2/c1-12-6-15(8-13-2-4-19-10-13)17(18)16(7-12)9-14-3-5-20-11-14/h2-5,8-12H,6-7H2,1H3/b15-8-,16-9-. The summed E-state index contributed by atoms with van der Waals surface area (Å²) in [6.07, 6.45) is 5.87. The molecule has 102 valence electrons. The number of hydrogen-bond donors (Lipinski definition) is 0. The summed E-state index contributed by atoms with van der Waals surface area (Å²) >= 11 is 3.33. The van der Waals surface area contributed by atoms with Gasteiger partial charge in [-0.1, -0.05) is 6.92 Å². The maximum absolute atomic E-state index is 12.6. The third kappa shape index (κ3) is 3.00. The van der Waals surface area contributed by atoms with Crippen LogP contribution in [0.5, 0.6) is 0 Å². The Hall–Kier alpha value is -1.45. The van der Waals surface area contributed by atoms with Crippen LogP contribution in [0, 0.1) is 5.92 Å². The Morgan fingerprint density at radius 1 is 1.00 bits per heavy atom. The molecule has 3 rings (SSSR count). The largest absolute Gasteiger partial charge is 0.289 e. The van der Waals surface area contributed by atoms with Gasteiger partial charge in [-0.05, 0) is 75.7 Å². The van der Waals surface area contributed by atoms with E-state index in [9.17, 15) is 4.79 Å². The smallest absolute Gasteiger partial charge is 0.185 e. The van der Waals surface area contributed by atoms with Gasteiger partial charge in [0.05, 0.1) is 0 Å². The Kier molecular flexibility index (Phi) is 3.99. The Bertz CT molecular complexity index is 589. The number of rotatable bonds is 2. The van der Waals surface area contributed by atoms with Gasteiger partial charge in [-0.3, -0.25) is 4.79 Å². The highest BCUT2D eigenvalue weighted by Crippen LogP contribution is 2.32. The molecule has 0 bridgehead atoms. The lowest BCUT2D eigenvalue weighted by Crippen LogP contribution is -2.18. The van der Waals surface area contributed by atoms with Gasteiger partial charge in [-0.15, -0.1) is 0 Å². The van der Waals surface area contributed by atoms with E-state index in [1.807, 2.05) is 10.8 Å². The molecule has 0 saturated heterocycles. The van der Waals surface area contributed by atoms with Gasteiger partial charge in [0.1, 0.15) is 0 Å². The second-order valence-corrected chi connectivity index (χ2v) is 6.86. The van der Waals surface area contributed by atoms with E-state index in [2.05, 4.69) is 42.0 Å². The zero-order valence-corrected chi connectivity index (χ0v) is 13.0. The van der Waals surface area contributed by atoms with Crippen molar-refractivity contribution in [2.45, 2.75) is 19.8 Å². The van der Waals surface area contributed by atoms with E-state index in [4.69, 9.17) is 0 Å². The van der Waals surface area contributed by atoms with Gasteiger partial charge < -0.3 is 0 Å². The van der Waals surface area contributed by atoms with Crippen LogP contribution in [0.1, 0.15) is 30.9 Å². The molecule has 2 aromatic rings. The SMILES string of the molecule is CC1C/C(=C/c2ccsc2)C(=O)/C(=C\c2ccsc2)C1. The molecule has 1 aliphatic rings. The van der Waals surface area contributed by atoms with E-state index >= 15 is 0 Å². The predicted molar refractivity (Wildman–Crippen MR) is 88.0 cm³/mol. The predicted octanol–water partition coefficient (Wildman–Crippen LogP) is 5.28. The van der Waals surface area contributed by atoms with Crippen LogP contribution in [0.25, 0.3) is 12.2 Å². The van der Waals surface area contributed by atoms with E-state index in [0.29, 0.717) is 5.92 Å². The van der Waals surface area contributed by atoms with Crippen molar-refractivity contribution >= 4 is 40.6 Å². The Balaban J connectivity index is 1.92. The number of carbonyl (C=O) groups is 1. The zero-order valence-electron chi connectivity index (χ0n) is 11.3. The maximum Gasteiger partial charge on any atom is 0.185 e. The number of ketones is 1. The second kappa shape index (κ2) is 5.90. The van der Waals surface area contributed by atoms with Crippen molar-refractivity contribution in [2.24, 2.45) is 5.92 Å². The molecule has 1 nitrogen and oxygen atoms in total. The molecule has 3 heteroatoms. The molecule has 1 aliphatic carbocycles. The van der Waals surface area contributed by atoms with Gasteiger partial charge >= 0.3 is 0 Å². The van der Waals surface area contributed by atoms with Crippen LogP contribution in [0.15, 0.2) is 44.8 Å². The van der Waals surface area contributed by atoms with E-state index in [1.54, 1.807) is 22.7 Å². The fraction of sp³-hybridized carbons (Fsp3) is 0.235. The summed E-state index contributed by atoms with van der Waals surface area (Å²) in [4.78, 5) is 12.6. The second-order valence-electron chi connectivity index (χ2n) is 5.30. The molecule has 1 fully saturated rings. The minimum Gasteiger partial charge on any atom is -0.289 e. The van der Waals surface area contributed by atoms with Gasteiger partial charge in [0.25, 0.3) is 0 Å². The first-order valence-electron chi connectivity index (χ1n) is 6.72. The molecule has 0 spiro atoms. The Morgan fingerprint density at radius 2 is 1.50 bits per heavy atom. The van der Waals surface area contributed by atoms with Crippen molar-refractivity contribution in [2.75, 3.05) is 0 Å². The van der Waals surface area contributed by atoms with Gasteiger partial charge in [-0.25, -0.2) is 0 Å². The number of carbonyl (C=O) groups excluding carboxylic acids is 1. The van der Waals surface area contributed by atoms with Gasteiger partial charge in [-0.2, -0.15) is 22.7 Å². The first-order chi connectivity index (χ1) is 9.72. The topological polar surface area (TPSA) is 17.1 Å². The minimum absolute atomic E-state index is 0.223. The van der Waals surface area contributed by atoms with Crippen molar-refractivity contribution < 1.29 is 4.79 Å². The normalized spacial score (nSPS) is 23.6. The molecule has 0 unspecified atom stereocenters. The average molecular weight is 300 g/mol. The van der Waals surface area contributed by atoms with Crippen molar-refractivity contribution in [3.05, 3.63) is 55.9 Å². The molecule has 0 radical (unpaired) electrons. The third-order valence-corrected chi connectivity index (χ3v) is 4.89. The first kappa shape index (κ1) is 13.5. The molecular formula is C17H16OS2. The fourth-order valence-electron chi connectivity index (χ4n) is 2.58. The van der Waals surface area contributed by atoms with Crippen molar-refractivity contribution in [1.29, 1.82) is 0 Å². The molecule has 2 heterocycles. The summed E-state index contributed by atoms with van der Waals surface area (Å²) in [6.45, 7) is 2.22. The highest BCUT2D eigenvalue weighted by atomic mass is 32.1. The highest BCUT2D eigenvalue weighted by molar-refractivity contribution is 7.08. The first-order valence-corrected chi connectivity index (χ1v) is 8.61. The fourth-order valence-corrected chi connectivity index (χ4v) is 3.82. The van der Waals surface area contributed by atoms with E-state index < -0.39 is 0 Å². The number of hydrogen-bond acceptors (Lipinski definition) is 3. The summed E-state index contributed by atoms with van der Waals surface area (Å²) in [7, 11) is 0. The van der Waals surface area contributed by atoms with Crippen LogP contribution >= 0.6 is 22.7 Å². The molecule has 0 atom stereocenters. The molecule has 20 heavy (non-hydrogen) atoms. The molecule has 0 aliphatic heterocycles. The summed E-state index contributed by atoms with van der Waals surface area (Å²) in [6, 6.07) is 4.12. The molecular weight excluding hydrogens is 284 g/mol. The van der Waals surface area contributed by atoms with Gasteiger partial charge in [0.2, 0.25) is 0 Å². The van der Waals surface area contributed by atoms with Crippen molar-refractivity contribution in [3.63, 3.8) is 0 Å². The summed E-state index contributed by atoms with van der Waals surface area (Å²) in [5.41, 5.74) is 4.18. The zero-order chi connectivity index (χ0) is 13.9. The van der Waals surface area contributed by atoms with Gasteiger partial charge in [0, 0.05) is 11.1 Å². The third-order valence-electron chi connectivity index (χ3n) is 3.49. The van der Waals surface area contributed by atoms with Crippen LogP contribution < -0.4 is 0 Å². The minimum atomic E-state index is 0.223. The molecule has 0 N–H and O–H groups in total. The average Bonchev–Trinajstić information content (AvgIpc) is 3.08. The lowest BCUT2D eigenvalue weighted by atomic mass is 9.81. The Labute approximate surface area is 127 Å². The molecule has 0 aromatic carbocycles. The van der Waals surface area contributed by atoms with Crippen LogP contribution in [-0.4, -0.2) is 5.78 Å². The monoisotopic (exact) mass is 300 g/mol. The maximum atomic E-state index is 12.6. The van der Waals surface area contributed by atoms with Gasteiger partial charge in [0.15, 0.2) is 5.78 Å². The lowest BCUT2D eigenvalue weighted by molar-refractivity contribution is -0.113. The van der Waals surface area contributed by atoms with E-state index in [-0.39, 0.29) is 5.78 Å². The van der Waals surface area contributed by atoms with Crippen LogP contribution in [0.4, 0.5) is 0 Å². The summed E-state index contributed by atoms with van der Waals surface area (Å²) in [5.74, 6) is 0.753. The van der Waals surface area contributed by atoms with Crippen LogP contribution in [-0.2, 0) is 4.79 Å². The van der Waals surface area contributed by atoms with Crippen molar-refractivity contribution in [1.82, 2.24) is 0 Å². The van der Waals surface area contributed by atoms with Crippen LogP contribution in [0.3, 0.4) is 0 Å². The molecule has 1 saturated carbocycles. The molecule has 0 amide bonds. The summed E-state index contributed by atoms with van der Waals surface area (Å²) in [5, 5.41) is 8.26. The number of allylic oxidation sites excluding steroid dienone is 2. The van der Waals surface area contributed by atoms with Crippen molar-refractivity contribution in [3.8, 4) is 0 Å². The highest BCUT2D eigenvalue weighted by Gasteiger charge is 2.25. The summed E-state index contributed by atoms with van der Waals surface area (Å²) < 4.78 is 0. The number of Topliss-reactive ketones (excluding diaryl/α,β-unsaturated/α-hetero) is 1. The number of thiophene rings is 2. The Morgan fingerprint density at radius 3 is 1.90 bits per heavy atom. The quantitative estimate of drug-likeness (QED) is 0.690.